The summed E-state index contributed by atoms with van der Waals surface area (Å²) in [6, 6.07) is 6.69. The van der Waals surface area contributed by atoms with Gasteiger partial charge in [-0.1, -0.05) is 12.1 Å². The van der Waals surface area contributed by atoms with Crippen LogP contribution in [0.5, 0.6) is 0 Å². The molecule has 1 aromatic carbocycles. The van der Waals surface area contributed by atoms with Crippen LogP contribution < -0.4 is 5.32 Å². The molecule has 0 heterocycles. The third kappa shape index (κ3) is 8.12. The average Bonchev–Trinajstić information content (AvgIpc) is 2.50. The summed E-state index contributed by atoms with van der Waals surface area (Å²) >= 11 is 0. The van der Waals surface area contributed by atoms with Crippen LogP contribution in [0.15, 0.2) is 24.3 Å². The zero-order chi connectivity index (χ0) is 15.3. The average molecular weight is 299 g/mol. The Morgan fingerprint density at radius 3 is 2.38 bits per heavy atom. The summed E-state index contributed by atoms with van der Waals surface area (Å²) in [5.41, 5.74) is 1.12. The molecule has 5 heteroatoms. The van der Waals surface area contributed by atoms with Crippen molar-refractivity contribution in [3.8, 4) is 0 Å². The Balaban J connectivity index is 2.43. The topological polar surface area (TPSA) is 39.7 Å². The van der Waals surface area contributed by atoms with Crippen molar-refractivity contribution in [2.45, 2.75) is 12.3 Å². The van der Waals surface area contributed by atoms with Crippen LogP contribution in [-0.2, 0) is 14.2 Å². The van der Waals surface area contributed by atoms with Gasteiger partial charge in [0.1, 0.15) is 5.82 Å². The predicted molar refractivity (Wildman–Crippen MR) is 81.2 cm³/mol. The fourth-order valence-electron chi connectivity index (χ4n) is 2.04. The minimum absolute atomic E-state index is 0.207. The first-order valence-electron chi connectivity index (χ1n) is 7.29. The second-order valence-electron chi connectivity index (χ2n) is 4.84. The molecule has 21 heavy (non-hydrogen) atoms. The van der Waals surface area contributed by atoms with Gasteiger partial charge in [0.25, 0.3) is 0 Å². The smallest absolute Gasteiger partial charge is 0.123 e. The molecule has 0 aliphatic heterocycles. The van der Waals surface area contributed by atoms with Crippen LogP contribution in [0.4, 0.5) is 4.39 Å². The maximum absolute atomic E-state index is 13.0. The van der Waals surface area contributed by atoms with Gasteiger partial charge in [-0.15, -0.1) is 0 Å². The van der Waals surface area contributed by atoms with Crippen LogP contribution in [0.2, 0.25) is 0 Å². The van der Waals surface area contributed by atoms with Crippen molar-refractivity contribution in [3.63, 3.8) is 0 Å². The number of rotatable bonds is 12. The van der Waals surface area contributed by atoms with Crippen molar-refractivity contribution < 1.29 is 18.6 Å². The summed E-state index contributed by atoms with van der Waals surface area (Å²) in [4.78, 5) is 0. The van der Waals surface area contributed by atoms with E-state index in [0.717, 1.165) is 25.1 Å². The lowest BCUT2D eigenvalue weighted by atomic mass is 9.96. The molecule has 0 fully saturated rings. The molecule has 1 rings (SSSR count). The Kier molecular flexibility index (Phi) is 9.99. The van der Waals surface area contributed by atoms with Crippen molar-refractivity contribution in [2.24, 2.45) is 0 Å². The van der Waals surface area contributed by atoms with E-state index in [4.69, 9.17) is 14.2 Å². The first kappa shape index (κ1) is 18.0. The van der Waals surface area contributed by atoms with Crippen LogP contribution in [0.25, 0.3) is 0 Å². The lowest BCUT2D eigenvalue weighted by molar-refractivity contribution is 0.0669. The molecule has 0 bridgehead atoms. The molecule has 4 nitrogen and oxygen atoms in total. The van der Waals surface area contributed by atoms with Gasteiger partial charge in [-0.2, -0.15) is 0 Å². The highest BCUT2D eigenvalue weighted by molar-refractivity contribution is 5.20. The number of benzene rings is 1. The number of hydrogen-bond acceptors (Lipinski definition) is 4. The third-order valence-corrected chi connectivity index (χ3v) is 3.26. The fraction of sp³-hybridized carbons (Fsp3) is 0.625. The van der Waals surface area contributed by atoms with Gasteiger partial charge in [-0.25, -0.2) is 4.39 Å². The van der Waals surface area contributed by atoms with E-state index >= 15 is 0 Å². The molecule has 1 unspecified atom stereocenters. The van der Waals surface area contributed by atoms with Crippen LogP contribution >= 0.6 is 0 Å². The number of halogens is 1. The van der Waals surface area contributed by atoms with Gasteiger partial charge in [-0.05, 0) is 30.0 Å². The van der Waals surface area contributed by atoms with Crippen molar-refractivity contribution in [1.82, 2.24) is 5.32 Å². The summed E-state index contributed by atoms with van der Waals surface area (Å²) in [7, 11) is 3.34. The van der Waals surface area contributed by atoms with Crippen molar-refractivity contribution in [1.29, 1.82) is 0 Å². The molecule has 120 valence electrons. The van der Waals surface area contributed by atoms with Gasteiger partial charge >= 0.3 is 0 Å². The molecule has 0 aliphatic carbocycles. The van der Waals surface area contributed by atoms with Crippen molar-refractivity contribution >= 4 is 0 Å². The Hall–Kier alpha value is -1.01. The molecule has 0 spiro atoms. The molecule has 0 radical (unpaired) electrons. The van der Waals surface area contributed by atoms with Crippen LogP contribution in [-0.4, -0.2) is 53.7 Å². The minimum Gasteiger partial charge on any atom is -0.383 e. The minimum atomic E-state index is -0.207. The number of hydrogen-bond donors (Lipinski definition) is 1. The first-order valence-corrected chi connectivity index (χ1v) is 7.29. The summed E-state index contributed by atoms with van der Waals surface area (Å²) in [6.07, 6.45) is 0.884. The van der Waals surface area contributed by atoms with E-state index in [1.165, 1.54) is 12.1 Å². The van der Waals surface area contributed by atoms with Gasteiger partial charge < -0.3 is 19.5 Å². The van der Waals surface area contributed by atoms with Gasteiger partial charge in [-0.3, -0.25) is 0 Å². The van der Waals surface area contributed by atoms with Crippen LogP contribution in [0.3, 0.4) is 0 Å². The third-order valence-electron chi connectivity index (χ3n) is 3.26. The molecule has 0 amide bonds. The molecule has 0 aliphatic rings. The predicted octanol–water partition coefficient (Wildman–Crippen LogP) is 2.20. The Labute approximate surface area is 126 Å². The quantitative estimate of drug-likeness (QED) is 0.601. The highest BCUT2D eigenvalue weighted by Gasteiger charge is 2.11. The molecule has 1 N–H and O–H groups in total. The van der Waals surface area contributed by atoms with Crippen LogP contribution in [0, 0.1) is 5.82 Å². The largest absolute Gasteiger partial charge is 0.383 e. The van der Waals surface area contributed by atoms with Crippen molar-refractivity contribution in [2.75, 3.05) is 53.7 Å². The Morgan fingerprint density at radius 1 is 1.00 bits per heavy atom. The summed E-state index contributed by atoms with van der Waals surface area (Å²) in [5.74, 6) is 0.0891. The number of nitrogens with one attached hydrogen (secondary N) is 1. The highest BCUT2D eigenvalue weighted by atomic mass is 19.1. The maximum atomic E-state index is 13.0. The molecule has 0 saturated carbocycles. The second kappa shape index (κ2) is 11.6. The van der Waals surface area contributed by atoms with Crippen LogP contribution in [0.1, 0.15) is 17.9 Å². The summed E-state index contributed by atoms with van der Waals surface area (Å²) in [6.45, 7) is 4.18. The summed E-state index contributed by atoms with van der Waals surface area (Å²) in [5, 5.41) is 3.35. The fourth-order valence-corrected chi connectivity index (χ4v) is 2.04. The first-order chi connectivity index (χ1) is 10.3. The van der Waals surface area contributed by atoms with E-state index in [0.29, 0.717) is 32.3 Å². The normalized spacial score (nSPS) is 12.5. The van der Waals surface area contributed by atoms with E-state index in [-0.39, 0.29) is 5.82 Å². The molecular weight excluding hydrogens is 273 g/mol. The highest BCUT2D eigenvalue weighted by Crippen LogP contribution is 2.19. The monoisotopic (exact) mass is 299 g/mol. The number of ether oxygens (including phenoxy) is 3. The van der Waals surface area contributed by atoms with E-state index in [9.17, 15) is 4.39 Å². The van der Waals surface area contributed by atoms with E-state index in [2.05, 4.69) is 5.32 Å². The van der Waals surface area contributed by atoms with Gasteiger partial charge in [0.05, 0.1) is 19.8 Å². The molecular formula is C16H26FNO3. The molecule has 0 aromatic heterocycles. The standard InChI is InChI=1S/C16H26FNO3/c1-19-10-8-18-13-15(7-9-21-12-11-20-2)14-3-5-16(17)6-4-14/h3-6,15,18H,7-13H2,1-2H3. The van der Waals surface area contributed by atoms with E-state index in [1.807, 2.05) is 12.1 Å². The Bertz CT molecular complexity index is 359. The van der Waals surface area contributed by atoms with E-state index < -0.39 is 0 Å². The summed E-state index contributed by atoms with van der Waals surface area (Å²) < 4.78 is 28.5. The Morgan fingerprint density at radius 2 is 1.71 bits per heavy atom. The number of methoxy groups -OCH3 is 2. The second-order valence-corrected chi connectivity index (χ2v) is 4.84. The lowest BCUT2D eigenvalue weighted by Crippen LogP contribution is -2.26. The van der Waals surface area contributed by atoms with Gasteiger partial charge in [0.2, 0.25) is 0 Å². The zero-order valence-electron chi connectivity index (χ0n) is 12.9. The zero-order valence-corrected chi connectivity index (χ0v) is 12.9. The SMILES string of the molecule is COCCNCC(CCOCCOC)c1ccc(F)cc1. The molecule has 1 atom stereocenters. The van der Waals surface area contributed by atoms with E-state index in [1.54, 1.807) is 14.2 Å². The molecule has 0 saturated heterocycles. The lowest BCUT2D eigenvalue weighted by Gasteiger charge is -2.18. The van der Waals surface area contributed by atoms with Gasteiger partial charge in [0.15, 0.2) is 0 Å². The molecule has 1 aromatic rings. The van der Waals surface area contributed by atoms with Gasteiger partial charge in [0, 0.05) is 33.9 Å². The maximum Gasteiger partial charge on any atom is 0.123 e. The van der Waals surface area contributed by atoms with Crippen molar-refractivity contribution in [3.05, 3.63) is 35.6 Å².